The number of carbonyl (C=O) groups is 1. The summed E-state index contributed by atoms with van der Waals surface area (Å²) in [6.07, 6.45) is 2.83. The number of anilines is 2. The maximum Gasteiger partial charge on any atom is 0.270 e. The molecule has 0 radical (unpaired) electrons. The van der Waals surface area contributed by atoms with E-state index >= 15 is 0 Å². The minimum absolute atomic E-state index is 0.000560. The molecule has 1 aromatic rings. The van der Waals surface area contributed by atoms with Crippen molar-refractivity contribution >= 4 is 17.4 Å². The van der Waals surface area contributed by atoms with Crippen LogP contribution in [0.2, 0.25) is 0 Å². The molecule has 3 aliphatic rings. The molecule has 21 heavy (non-hydrogen) atoms. The minimum Gasteiger partial charge on any atom is -0.394 e. The van der Waals surface area contributed by atoms with Crippen LogP contribution in [-0.4, -0.2) is 54.3 Å². The molecule has 2 aliphatic heterocycles. The summed E-state index contributed by atoms with van der Waals surface area (Å²) in [5, 5.41) is 12.2. The van der Waals surface area contributed by atoms with Crippen molar-refractivity contribution < 1.29 is 9.90 Å². The number of carbonyl (C=O) groups excluding carboxylic acids is 1. The molecule has 1 amide bonds. The van der Waals surface area contributed by atoms with Crippen LogP contribution in [0.1, 0.15) is 29.8 Å². The van der Waals surface area contributed by atoms with Crippen LogP contribution < -0.4 is 15.1 Å². The molecular formula is C15H20N4O2. The van der Waals surface area contributed by atoms with Crippen LogP contribution in [-0.2, 0) is 0 Å². The van der Waals surface area contributed by atoms with Crippen LogP contribution >= 0.6 is 0 Å². The molecule has 6 nitrogen and oxygen atoms in total. The first-order chi connectivity index (χ1) is 10.1. The molecule has 2 N–H and O–H groups in total. The number of aliphatic hydroxyl groups is 1. The van der Waals surface area contributed by atoms with Gasteiger partial charge in [-0.1, -0.05) is 0 Å². The molecule has 1 unspecified atom stereocenters. The quantitative estimate of drug-likeness (QED) is 0.841. The van der Waals surface area contributed by atoms with E-state index in [-0.39, 0.29) is 12.5 Å². The molecule has 1 atom stereocenters. The van der Waals surface area contributed by atoms with E-state index in [0.29, 0.717) is 11.7 Å². The Labute approximate surface area is 123 Å². The number of hydrogen-bond donors (Lipinski definition) is 2. The second kappa shape index (κ2) is 4.34. The van der Waals surface area contributed by atoms with Gasteiger partial charge in [-0.15, -0.1) is 0 Å². The predicted molar refractivity (Wildman–Crippen MR) is 79.8 cm³/mol. The van der Waals surface area contributed by atoms with Gasteiger partial charge in [0.2, 0.25) is 0 Å². The number of pyridine rings is 1. The molecule has 0 aromatic carbocycles. The summed E-state index contributed by atoms with van der Waals surface area (Å²) >= 11 is 0. The Hall–Kier alpha value is -1.82. The van der Waals surface area contributed by atoms with Crippen molar-refractivity contribution in [3.63, 3.8) is 0 Å². The maximum atomic E-state index is 12.3. The third-order valence-corrected chi connectivity index (χ3v) is 5.01. The zero-order valence-electron chi connectivity index (χ0n) is 12.2. The molecule has 2 bridgehead atoms. The predicted octanol–water partition coefficient (Wildman–Crippen LogP) is 0.365. The van der Waals surface area contributed by atoms with Crippen LogP contribution in [0, 0.1) is 0 Å². The van der Waals surface area contributed by atoms with Crippen LogP contribution in [0.3, 0.4) is 0 Å². The van der Waals surface area contributed by atoms with Gasteiger partial charge < -0.3 is 20.2 Å². The van der Waals surface area contributed by atoms with Crippen LogP contribution in [0.5, 0.6) is 0 Å². The van der Waals surface area contributed by atoms with Gasteiger partial charge >= 0.3 is 0 Å². The van der Waals surface area contributed by atoms with Crippen molar-refractivity contribution in [3.05, 3.63) is 17.8 Å². The zero-order chi connectivity index (χ0) is 14.6. The number of amides is 1. The molecule has 112 valence electrons. The van der Waals surface area contributed by atoms with Gasteiger partial charge in [-0.25, -0.2) is 4.98 Å². The fourth-order valence-electron chi connectivity index (χ4n) is 3.30. The van der Waals surface area contributed by atoms with E-state index in [2.05, 4.69) is 27.1 Å². The second-order valence-electron chi connectivity index (χ2n) is 6.43. The molecule has 1 aliphatic carbocycles. The lowest BCUT2D eigenvalue weighted by Crippen LogP contribution is -2.42. The summed E-state index contributed by atoms with van der Waals surface area (Å²) in [6.45, 7) is 2.10. The molecule has 3 heterocycles. The van der Waals surface area contributed by atoms with E-state index in [1.807, 2.05) is 6.07 Å². The standard InChI is InChI=1S/C15H20N4O2/c1-18-10-4-7-19(8-10)12-3-2-11(16-13(12)18)14(21)17-15(9-20)5-6-15/h2-3,10,20H,4-9H2,1H3,(H,17,21). The van der Waals surface area contributed by atoms with Crippen LogP contribution in [0.15, 0.2) is 12.1 Å². The lowest BCUT2D eigenvalue weighted by Gasteiger charge is -2.34. The minimum atomic E-state index is -0.400. The van der Waals surface area contributed by atoms with Crippen LogP contribution in [0.25, 0.3) is 0 Å². The Kier molecular flexibility index (Phi) is 2.66. The first-order valence-corrected chi connectivity index (χ1v) is 7.54. The van der Waals surface area contributed by atoms with Crippen LogP contribution in [0.4, 0.5) is 11.5 Å². The topological polar surface area (TPSA) is 68.7 Å². The van der Waals surface area contributed by atoms with Crippen molar-refractivity contribution in [3.8, 4) is 0 Å². The van der Waals surface area contributed by atoms with Gasteiger partial charge in [-0.2, -0.15) is 0 Å². The van der Waals surface area contributed by atoms with Crippen molar-refractivity contribution in [2.24, 2.45) is 0 Å². The number of aromatic nitrogens is 1. The highest BCUT2D eigenvalue weighted by atomic mass is 16.3. The third-order valence-electron chi connectivity index (χ3n) is 5.01. The molecule has 6 heteroatoms. The normalized spacial score (nSPS) is 24.8. The summed E-state index contributed by atoms with van der Waals surface area (Å²) in [5.74, 6) is 0.705. The number of fused-ring (bicyclic) bond motifs is 4. The molecule has 1 saturated carbocycles. The maximum absolute atomic E-state index is 12.3. The van der Waals surface area contributed by atoms with Gasteiger partial charge in [0.25, 0.3) is 5.91 Å². The van der Waals surface area contributed by atoms with Gasteiger partial charge in [-0.05, 0) is 31.4 Å². The average Bonchev–Trinajstić information content (AvgIpc) is 3.13. The van der Waals surface area contributed by atoms with E-state index in [1.54, 1.807) is 6.07 Å². The highest BCUT2D eigenvalue weighted by Gasteiger charge is 2.44. The summed E-state index contributed by atoms with van der Waals surface area (Å²) in [5.41, 5.74) is 1.15. The largest absolute Gasteiger partial charge is 0.394 e. The number of nitrogens with zero attached hydrogens (tertiary/aromatic N) is 3. The highest BCUT2D eigenvalue weighted by molar-refractivity contribution is 5.94. The lowest BCUT2D eigenvalue weighted by molar-refractivity contribution is 0.0902. The van der Waals surface area contributed by atoms with E-state index in [4.69, 9.17) is 0 Å². The summed E-state index contributed by atoms with van der Waals surface area (Å²) in [7, 11) is 2.05. The van der Waals surface area contributed by atoms with Crippen molar-refractivity contribution in [2.45, 2.75) is 30.8 Å². The SMILES string of the molecule is CN1c2nc(C(=O)NC3(CO)CC3)ccc2N2CCC1C2. The first-order valence-electron chi connectivity index (χ1n) is 7.54. The average molecular weight is 288 g/mol. The number of aliphatic hydroxyl groups excluding tert-OH is 1. The molecule has 1 aromatic heterocycles. The Morgan fingerprint density at radius 1 is 1.52 bits per heavy atom. The van der Waals surface area contributed by atoms with E-state index < -0.39 is 5.54 Å². The van der Waals surface area contributed by atoms with Gasteiger partial charge in [0, 0.05) is 26.2 Å². The summed E-state index contributed by atoms with van der Waals surface area (Å²) < 4.78 is 0. The monoisotopic (exact) mass is 288 g/mol. The van der Waals surface area contributed by atoms with Crippen molar-refractivity contribution in [2.75, 3.05) is 36.5 Å². The van der Waals surface area contributed by atoms with Gasteiger partial charge in [0.1, 0.15) is 5.69 Å². The van der Waals surface area contributed by atoms with Crippen molar-refractivity contribution in [1.82, 2.24) is 10.3 Å². The summed E-state index contributed by atoms with van der Waals surface area (Å²) in [4.78, 5) is 21.4. The van der Waals surface area contributed by atoms with E-state index in [0.717, 1.165) is 43.9 Å². The molecule has 2 fully saturated rings. The highest BCUT2D eigenvalue weighted by Crippen LogP contribution is 2.38. The summed E-state index contributed by atoms with van der Waals surface area (Å²) in [6, 6.07) is 4.28. The Bertz CT molecular complexity index is 599. The number of hydrogen-bond acceptors (Lipinski definition) is 5. The fourth-order valence-corrected chi connectivity index (χ4v) is 3.30. The molecule has 4 rings (SSSR count). The molecule has 1 saturated heterocycles. The second-order valence-corrected chi connectivity index (χ2v) is 6.43. The molecular weight excluding hydrogens is 268 g/mol. The number of nitrogens with one attached hydrogen (secondary N) is 1. The number of likely N-dealkylation sites (N-methyl/N-ethyl adjacent to an activating group) is 1. The molecule has 0 spiro atoms. The van der Waals surface area contributed by atoms with E-state index in [9.17, 15) is 9.90 Å². The Balaban J connectivity index is 1.62. The van der Waals surface area contributed by atoms with Gasteiger partial charge in [-0.3, -0.25) is 4.79 Å². The zero-order valence-corrected chi connectivity index (χ0v) is 12.2. The Morgan fingerprint density at radius 2 is 2.33 bits per heavy atom. The van der Waals surface area contributed by atoms with Gasteiger partial charge in [0.15, 0.2) is 5.82 Å². The van der Waals surface area contributed by atoms with Gasteiger partial charge in [0.05, 0.1) is 17.8 Å². The third kappa shape index (κ3) is 1.97. The lowest BCUT2D eigenvalue weighted by atomic mass is 10.2. The van der Waals surface area contributed by atoms with Crippen molar-refractivity contribution in [1.29, 1.82) is 0 Å². The van der Waals surface area contributed by atoms with E-state index in [1.165, 1.54) is 0 Å². The first kappa shape index (κ1) is 12.9. The Morgan fingerprint density at radius 3 is 3.05 bits per heavy atom. The fraction of sp³-hybridized carbons (Fsp3) is 0.600. The number of rotatable bonds is 3. The smallest absolute Gasteiger partial charge is 0.270 e.